The lowest BCUT2D eigenvalue weighted by molar-refractivity contribution is 0.836. The van der Waals surface area contributed by atoms with Crippen LogP contribution in [0.15, 0.2) is 0 Å². The topological polar surface area (TPSA) is 0 Å². The molecule has 0 aromatic heterocycles. The number of rotatable bonds is 4. The van der Waals surface area contributed by atoms with E-state index in [0.717, 1.165) is 11.3 Å². The summed E-state index contributed by atoms with van der Waals surface area (Å²) in [6.07, 6.45) is 2.71. The molecule has 0 saturated heterocycles. The van der Waals surface area contributed by atoms with E-state index >= 15 is 0 Å². The molecule has 0 heterocycles. The van der Waals surface area contributed by atoms with Crippen molar-refractivity contribution in [3.8, 4) is 0 Å². The van der Waals surface area contributed by atoms with Gasteiger partial charge in [0.05, 0.1) is 0 Å². The van der Waals surface area contributed by atoms with Gasteiger partial charge in [-0.25, -0.2) is 0 Å². The van der Waals surface area contributed by atoms with Crippen molar-refractivity contribution in [3.63, 3.8) is 0 Å². The summed E-state index contributed by atoms with van der Waals surface area (Å²) in [4.78, 5) is 0. The first-order chi connectivity index (χ1) is 4.63. The molecule has 0 aliphatic rings. The SMILES string of the molecule is CCC(C)P(C)C(C)CC. The number of hydrogen-bond acceptors (Lipinski definition) is 0. The van der Waals surface area contributed by atoms with E-state index in [1.165, 1.54) is 12.8 Å². The highest BCUT2D eigenvalue weighted by Crippen LogP contribution is 2.44. The lowest BCUT2D eigenvalue weighted by Gasteiger charge is -2.24. The average molecular weight is 160 g/mol. The molecule has 0 fully saturated rings. The molecule has 2 atom stereocenters. The van der Waals surface area contributed by atoms with Crippen molar-refractivity contribution in [2.75, 3.05) is 6.66 Å². The van der Waals surface area contributed by atoms with E-state index in [1.807, 2.05) is 0 Å². The van der Waals surface area contributed by atoms with E-state index in [2.05, 4.69) is 34.4 Å². The highest BCUT2D eigenvalue weighted by Gasteiger charge is 2.14. The van der Waals surface area contributed by atoms with Gasteiger partial charge >= 0.3 is 0 Å². The Morgan fingerprint density at radius 1 is 1.00 bits per heavy atom. The van der Waals surface area contributed by atoms with Gasteiger partial charge in [-0.2, -0.15) is 0 Å². The van der Waals surface area contributed by atoms with Gasteiger partial charge < -0.3 is 0 Å². The minimum atomic E-state index is 0.297. The minimum Gasteiger partial charge on any atom is -0.104 e. The predicted molar refractivity (Wildman–Crippen MR) is 52.4 cm³/mol. The normalized spacial score (nSPS) is 20.1. The molecule has 0 spiro atoms. The van der Waals surface area contributed by atoms with Gasteiger partial charge in [0.1, 0.15) is 0 Å². The van der Waals surface area contributed by atoms with Gasteiger partial charge in [0.25, 0.3) is 0 Å². The Morgan fingerprint density at radius 2 is 1.30 bits per heavy atom. The molecule has 0 rings (SSSR count). The smallest absolute Gasteiger partial charge is 0.0240 e. The van der Waals surface area contributed by atoms with Gasteiger partial charge in [0, 0.05) is 0 Å². The molecule has 2 unspecified atom stereocenters. The summed E-state index contributed by atoms with van der Waals surface area (Å²) in [5.74, 6) is 0. The highest BCUT2D eigenvalue weighted by atomic mass is 31.1. The van der Waals surface area contributed by atoms with Crippen molar-refractivity contribution in [3.05, 3.63) is 0 Å². The lowest BCUT2D eigenvalue weighted by Crippen LogP contribution is -2.06. The summed E-state index contributed by atoms with van der Waals surface area (Å²) in [5.41, 5.74) is 1.93. The van der Waals surface area contributed by atoms with Crippen LogP contribution >= 0.6 is 7.92 Å². The average Bonchev–Trinajstić information content (AvgIpc) is 2.00. The first-order valence-electron chi connectivity index (χ1n) is 4.35. The molecule has 10 heavy (non-hydrogen) atoms. The summed E-state index contributed by atoms with van der Waals surface area (Å²) in [6.45, 7) is 11.8. The molecule has 0 aliphatic heterocycles. The zero-order chi connectivity index (χ0) is 8.15. The fourth-order valence-electron chi connectivity index (χ4n) is 1.01. The second-order valence-electron chi connectivity index (χ2n) is 3.18. The molecule has 0 nitrogen and oxygen atoms in total. The van der Waals surface area contributed by atoms with Gasteiger partial charge in [-0.15, -0.1) is 7.92 Å². The molecule has 0 aromatic rings. The second-order valence-corrected chi connectivity index (χ2v) is 6.27. The van der Waals surface area contributed by atoms with Gasteiger partial charge in [-0.3, -0.25) is 0 Å². The van der Waals surface area contributed by atoms with Crippen molar-refractivity contribution < 1.29 is 0 Å². The Bertz CT molecular complexity index is 70.8. The Hall–Kier alpha value is 0.430. The van der Waals surface area contributed by atoms with Gasteiger partial charge in [-0.1, -0.05) is 27.7 Å². The van der Waals surface area contributed by atoms with Crippen LogP contribution in [-0.4, -0.2) is 18.0 Å². The molecule has 0 saturated carbocycles. The molecule has 62 valence electrons. The van der Waals surface area contributed by atoms with Crippen molar-refractivity contribution in [2.24, 2.45) is 0 Å². The maximum Gasteiger partial charge on any atom is -0.0240 e. The maximum absolute atomic E-state index is 2.44. The molecule has 0 radical (unpaired) electrons. The second kappa shape index (κ2) is 5.13. The predicted octanol–water partition coefficient (Wildman–Crippen LogP) is 3.70. The van der Waals surface area contributed by atoms with Crippen LogP contribution in [0.5, 0.6) is 0 Å². The summed E-state index contributed by atoms with van der Waals surface area (Å²) in [6, 6.07) is 0. The van der Waals surface area contributed by atoms with Gasteiger partial charge in [0.2, 0.25) is 0 Å². The Morgan fingerprint density at radius 3 is 1.50 bits per heavy atom. The van der Waals surface area contributed by atoms with Crippen LogP contribution in [0.4, 0.5) is 0 Å². The van der Waals surface area contributed by atoms with Gasteiger partial charge in [-0.05, 0) is 30.8 Å². The molecule has 0 bridgehead atoms. The molecular formula is C9H21P. The van der Waals surface area contributed by atoms with E-state index in [-0.39, 0.29) is 0 Å². The first kappa shape index (κ1) is 10.4. The third-order valence-corrected chi connectivity index (χ3v) is 6.08. The molecule has 0 aliphatic carbocycles. The monoisotopic (exact) mass is 160 g/mol. The van der Waals surface area contributed by atoms with Crippen LogP contribution < -0.4 is 0 Å². The largest absolute Gasteiger partial charge is 0.104 e. The zero-order valence-corrected chi connectivity index (χ0v) is 8.91. The summed E-state index contributed by atoms with van der Waals surface area (Å²) in [5, 5.41) is 0. The fraction of sp³-hybridized carbons (Fsp3) is 1.00. The third kappa shape index (κ3) is 3.01. The van der Waals surface area contributed by atoms with Crippen molar-refractivity contribution >= 4 is 7.92 Å². The van der Waals surface area contributed by atoms with E-state index in [0.29, 0.717) is 7.92 Å². The van der Waals surface area contributed by atoms with E-state index < -0.39 is 0 Å². The van der Waals surface area contributed by atoms with Crippen LogP contribution in [0, 0.1) is 0 Å². The molecule has 0 N–H and O–H groups in total. The maximum atomic E-state index is 2.44. The van der Waals surface area contributed by atoms with E-state index in [9.17, 15) is 0 Å². The summed E-state index contributed by atoms with van der Waals surface area (Å²) >= 11 is 0. The standard InChI is InChI=1S/C9H21P/c1-6-8(3)10(5)9(4)7-2/h8-9H,6-7H2,1-5H3. The third-order valence-electron chi connectivity index (χ3n) is 2.57. The van der Waals surface area contributed by atoms with Crippen LogP contribution in [0.3, 0.4) is 0 Å². The van der Waals surface area contributed by atoms with Crippen LogP contribution in [0.25, 0.3) is 0 Å². The molecule has 0 amide bonds. The minimum absolute atomic E-state index is 0.297. The van der Waals surface area contributed by atoms with E-state index in [1.54, 1.807) is 0 Å². The van der Waals surface area contributed by atoms with Crippen molar-refractivity contribution in [2.45, 2.75) is 51.9 Å². The fourth-order valence-corrected chi connectivity index (χ4v) is 3.03. The summed E-state index contributed by atoms with van der Waals surface area (Å²) < 4.78 is 0. The molecular weight excluding hydrogens is 139 g/mol. The van der Waals surface area contributed by atoms with Crippen LogP contribution in [0.1, 0.15) is 40.5 Å². The Labute approximate surface area is 67.2 Å². The first-order valence-corrected chi connectivity index (χ1v) is 6.28. The van der Waals surface area contributed by atoms with E-state index in [4.69, 9.17) is 0 Å². The quantitative estimate of drug-likeness (QED) is 0.550. The highest BCUT2D eigenvalue weighted by molar-refractivity contribution is 7.58. The Kier molecular flexibility index (Phi) is 5.35. The van der Waals surface area contributed by atoms with Crippen molar-refractivity contribution in [1.82, 2.24) is 0 Å². The lowest BCUT2D eigenvalue weighted by atomic mass is 10.4. The summed E-state index contributed by atoms with van der Waals surface area (Å²) in [7, 11) is 0.297. The van der Waals surface area contributed by atoms with Gasteiger partial charge in [0.15, 0.2) is 0 Å². The Balaban J connectivity index is 3.69. The van der Waals surface area contributed by atoms with Crippen LogP contribution in [0.2, 0.25) is 0 Å². The zero-order valence-electron chi connectivity index (χ0n) is 8.02. The van der Waals surface area contributed by atoms with Crippen LogP contribution in [-0.2, 0) is 0 Å². The molecule has 1 heteroatoms. The van der Waals surface area contributed by atoms with Crippen molar-refractivity contribution in [1.29, 1.82) is 0 Å². The number of hydrogen-bond donors (Lipinski definition) is 0. The molecule has 0 aromatic carbocycles.